The average Bonchev–Trinajstić information content (AvgIpc) is 3.58. The summed E-state index contributed by atoms with van der Waals surface area (Å²) in [6, 6.07) is 12.4. The number of carbonyl (C=O) groups is 1. The van der Waals surface area contributed by atoms with Gasteiger partial charge in [-0.25, -0.2) is 13.4 Å². The van der Waals surface area contributed by atoms with Crippen molar-refractivity contribution in [3.8, 4) is 0 Å². The van der Waals surface area contributed by atoms with Gasteiger partial charge in [-0.3, -0.25) is 14.6 Å². The fraction of sp³-hybridized carbons (Fsp3) is 0.462. The first-order valence-electron chi connectivity index (χ1n) is 12.5. The van der Waals surface area contributed by atoms with Gasteiger partial charge in [-0.1, -0.05) is 17.4 Å². The lowest BCUT2D eigenvalue weighted by Crippen LogP contribution is -2.39. The minimum atomic E-state index is -3.52. The number of amides is 1. The molecule has 200 valence electrons. The molecule has 2 fully saturated rings. The van der Waals surface area contributed by atoms with E-state index >= 15 is 0 Å². The second-order valence-electron chi connectivity index (χ2n) is 9.37. The van der Waals surface area contributed by atoms with E-state index in [0.29, 0.717) is 30.3 Å². The zero-order valence-electron chi connectivity index (χ0n) is 21.0. The molecule has 11 heteroatoms. The Labute approximate surface area is 228 Å². The number of rotatable bonds is 8. The van der Waals surface area contributed by atoms with Crippen LogP contribution < -0.4 is 4.90 Å². The van der Waals surface area contributed by atoms with E-state index < -0.39 is 10.0 Å². The lowest BCUT2D eigenvalue weighted by atomic mass is 10.2. The first-order chi connectivity index (χ1) is 17.4. The molecule has 2 saturated heterocycles. The Morgan fingerprint density at radius 2 is 1.76 bits per heavy atom. The highest BCUT2D eigenvalue weighted by Crippen LogP contribution is 2.31. The van der Waals surface area contributed by atoms with Crippen LogP contribution in [-0.4, -0.2) is 81.0 Å². The van der Waals surface area contributed by atoms with E-state index in [0.717, 1.165) is 67.9 Å². The van der Waals surface area contributed by atoms with Crippen molar-refractivity contribution in [2.24, 2.45) is 0 Å². The zero-order chi connectivity index (χ0) is 25.1. The first kappa shape index (κ1) is 27.9. The van der Waals surface area contributed by atoms with Gasteiger partial charge in [0, 0.05) is 44.8 Å². The van der Waals surface area contributed by atoms with E-state index in [4.69, 9.17) is 9.72 Å². The first-order valence-corrected chi connectivity index (χ1v) is 14.8. The fourth-order valence-corrected chi connectivity index (χ4v) is 7.30. The molecule has 8 nitrogen and oxygen atoms in total. The normalized spacial score (nSPS) is 17.1. The Hall–Kier alpha value is -2.08. The van der Waals surface area contributed by atoms with Gasteiger partial charge < -0.3 is 4.74 Å². The Morgan fingerprint density at radius 1 is 1.05 bits per heavy atom. The minimum Gasteiger partial charge on any atom is -0.379 e. The standard InChI is InChI=1S/C26H32N4O4S2.ClH/c1-20-5-10-23-24(19-20)35-26(27-23)30(14-4-11-28-15-17-34-18-16-28)25(31)21-6-8-22(9-7-21)36(32,33)29-12-2-3-13-29;/h5-10,19H,2-4,11-18H2,1H3;1H. The van der Waals surface area contributed by atoms with Gasteiger partial charge in [-0.2, -0.15) is 4.31 Å². The van der Waals surface area contributed by atoms with Gasteiger partial charge in [-0.15, -0.1) is 12.4 Å². The van der Waals surface area contributed by atoms with Gasteiger partial charge in [0.05, 0.1) is 28.3 Å². The molecular formula is C26H33ClN4O4S2. The van der Waals surface area contributed by atoms with Gasteiger partial charge >= 0.3 is 0 Å². The highest BCUT2D eigenvalue weighted by atomic mass is 35.5. The lowest BCUT2D eigenvalue weighted by molar-refractivity contribution is 0.0376. The molecule has 0 spiro atoms. The molecule has 0 saturated carbocycles. The van der Waals surface area contributed by atoms with E-state index in [2.05, 4.69) is 11.0 Å². The SMILES string of the molecule is Cc1ccc2nc(N(CCCN3CCOCC3)C(=O)c3ccc(S(=O)(=O)N4CCCC4)cc3)sc2c1.Cl. The van der Waals surface area contributed by atoms with Gasteiger partial charge in [0.25, 0.3) is 5.91 Å². The van der Waals surface area contributed by atoms with Crippen LogP contribution in [0.4, 0.5) is 5.13 Å². The Kier molecular flexibility index (Phi) is 9.20. The maximum atomic E-state index is 13.7. The number of aromatic nitrogens is 1. The van der Waals surface area contributed by atoms with Crippen molar-refractivity contribution in [2.45, 2.75) is 31.1 Å². The summed E-state index contributed by atoms with van der Waals surface area (Å²) < 4.78 is 33.8. The summed E-state index contributed by atoms with van der Waals surface area (Å²) >= 11 is 1.51. The number of thiazole rings is 1. The third kappa shape index (κ3) is 6.32. The number of hydrogen-bond acceptors (Lipinski definition) is 7. The third-order valence-corrected chi connectivity index (χ3v) is 9.73. The predicted molar refractivity (Wildman–Crippen MR) is 150 cm³/mol. The highest BCUT2D eigenvalue weighted by molar-refractivity contribution is 7.89. The van der Waals surface area contributed by atoms with Gasteiger partial charge in [0.2, 0.25) is 10.0 Å². The second kappa shape index (κ2) is 12.2. The number of nitrogens with zero attached hydrogens (tertiary/aromatic N) is 4. The third-order valence-electron chi connectivity index (χ3n) is 6.77. The molecule has 0 N–H and O–H groups in total. The molecule has 2 aromatic carbocycles. The maximum Gasteiger partial charge on any atom is 0.260 e. The monoisotopic (exact) mass is 564 g/mol. The van der Waals surface area contributed by atoms with Gasteiger partial charge in [0.1, 0.15) is 0 Å². The molecule has 2 aliphatic heterocycles. The van der Waals surface area contributed by atoms with Crippen LogP contribution in [-0.2, 0) is 14.8 Å². The fourth-order valence-electron chi connectivity index (χ4n) is 4.70. The van der Waals surface area contributed by atoms with E-state index in [1.807, 2.05) is 19.1 Å². The van der Waals surface area contributed by atoms with Crippen molar-refractivity contribution in [3.05, 3.63) is 53.6 Å². The number of sulfonamides is 1. The number of fused-ring (bicyclic) bond motifs is 1. The summed E-state index contributed by atoms with van der Waals surface area (Å²) in [5, 5.41) is 0.663. The number of carbonyl (C=O) groups excluding carboxylic acids is 1. The Morgan fingerprint density at radius 3 is 2.46 bits per heavy atom. The largest absolute Gasteiger partial charge is 0.379 e. The van der Waals surface area contributed by atoms with E-state index in [-0.39, 0.29) is 23.2 Å². The molecule has 37 heavy (non-hydrogen) atoms. The highest BCUT2D eigenvalue weighted by Gasteiger charge is 2.28. The second-order valence-corrected chi connectivity index (χ2v) is 12.3. The van der Waals surface area contributed by atoms with Crippen molar-refractivity contribution in [2.75, 3.05) is 57.4 Å². The molecule has 2 aliphatic rings. The van der Waals surface area contributed by atoms with Crippen molar-refractivity contribution >= 4 is 55.0 Å². The molecule has 1 amide bonds. The van der Waals surface area contributed by atoms with Crippen molar-refractivity contribution in [1.82, 2.24) is 14.2 Å². The quantitative estimate of drug-likeness (QED) is 0.408. The van der Waals surface area contributed by atoms with Crippen LogP contribution in [0.3, 0.4) is 0 Å². The molecule has 0 bridgehead atoms. The lowest BCUT2D eigenvalue weighted by Gasteiger charge is -2.27. The smallest absolute Gasteiger partial charge is 0.260 e. The van der Waals surface area contributed by atoms with Crippen molar-refractivity contribution in [1.29, 1.82) is 0 Å². The van der Waals surface area contributed by atoms with Crippen LogP contribution in [0, 0.1) is 6.92 Å². The number of hydrogen-bond donors (Lipinski definition) is 0. The van der Waals surface area contributed by atoms with E-state index in [9.17, 15) is 13.2 Å². The van der Waals surface area contributed by atoms with Crippen LogP contribution in [0.15, 0.2) is 47.4 Å². The summed E-state index contributed by atoms with van der Waals surface area (Å²) in [7, 11) is -3.52. The Balaban J connectivity index is 0.00000320. The van der Waals surface area contributed by atoms with Crippen molar-refractivity contribution in [3.63, 3.8) is 0 Å². The van der Waals surface area contributed by atoms with Crippen LogP contribution in [0.5, 0.6) is 0 Å². The van der Waals surface area contributed by atoms with E-state index in [1.165, 1.54) is 15.6 Å². The van der Waals surface area contributed by atoms with Gasteiger partial charge in [0.15, 0.2) is 5.13 Å². The minimum absolute atomic E-state index is 0. The van der Waals surface area contributed by atoms with Gasteiger partial charge in [-0.05, 0) is 68.1 Å². The van der Waals surface area contributed by atoms with Crippen molar-refractivity contribution < 1.29 is 17.9 Å². The molecule has 3 heterocycles. The maximum absolute atomic E-state index is 13.7. The number of ether oxygens (including phenoxy) is 1. The zero-order valence-corrected chi connectivity index (χ0v) is 23.4. The summed E-state index contributed by atoms with van der Waals surface area (Å²) in [5.74, 6) is -0.169. The summed E-state index contributed by atoms with van der Waals surface area (Å²) in [6.07, 6.45) is 2.58. The molecule has 3 aromatic rings. The summed E-state index contributed by atoms with van der Waals surface area (Å²) in [6.45, 7) is 7.85. The number of anilines is 1. The van der Waals surface area contributed by atoms with E-state index in [1.54, 1.807) is 29.2 Å². The molecule has 0 radical (unpaired) electrons. The van der Waals surface area contributed by atoms with Crippen LogP contribution in [0.1, 0.15) is 35.2 Å². The Bertz CT molecular complexity index is 1320. The molecule has 0 unspecified atom stereocenters. The number of benzene rings is 2. The molecular weight excluding hydrogens is 532 g/mol. The number of morpholine rings is 1. The summed E-state index contributed by atoms with van der Waals surface area (Å²) in [5.41, 5.74) is 2.48. The summed E-state index contributed by atoms with van der Waals surface area (Å²) in [4.78, 5) is 22.8. The molecule has 0 aliphatic carbocycles. The number of halogens is 1. The molecule has 0 atom stereocenters. The van der Waals surface area contributed by atoms with Crippen LogP contribution in [0.2, 0.25) is 0 Å². The number of aryl methyl sites for hydroxylation is 1. The molecule has 1 aromatic heterocycles. The van der Waals surface area contributed by atoms with Crippen LogP contribution in [0.25, 0.3) is 10.2 Å². The topological polar surface area (TPSA) is 83.0 Å². The average molecular weight is 565 g/mol. The molecule has 5 rings (SSSR count). The predicted octanol–water partition coefficient (Wildman–Crippen LogP) is 4.18. The van der Waals surface area contributed by atoms with Crippen LogP contribution >= 0.6 is 23.7 Å².